The first kappa shape index (κ1) is 20.6. The Hall–Kier alpha value is -3.15. The summed E-state index contributed by atoms with van der Waals surface area (Å²) in [4.78, 5) is 38.8. The SMILES string of the molecule is CC(C)OC(=O)c1ccc(NC(=O)[C@H]2CC(=O)N([C@H](C)c3ccccc3)C2)cc1. The van der Waals surface area contributed by atoms with Crippen molar-refractivity contribution in [3.8, 4) is 0 Å². The van der Waals surface area contributed by atoms with Crippen LogP contribution in [0.25, 0.3) is 0 Å². The third kappa shape index (κ3) is 5.02. The molecule has 0 radical (unpaired) electrons. The van der Waals surface area contributed by atoms with Crippen LogP contribution in [0, 0.1) is 5.92 Å². The summed E-state index contributed by atoms with van der Waals surface area (Å²) in [6.07, 6.45) is 0.00457. The van der Waals surface area contributed by atoms with Gasteiger partial charge in [-0.1, -0.05) is 30.3 Å². The van der Waals surface area contributed by atoms with E-state index in [1.54, 1.807) is 43.0 Å². The molecule has 2 amide bonds. The van der Waals surface area contributed by atoms with Gasteiger partial charge in [-0.05, 0) is 50.6 Å². The predicted octanol–water partition coefficient (Wildman–Crippen LogP) is 3.80. The molecule has 1 fully saturated rings. The Morgan fingerprint density at radius 1 is 1.03 bits per heavy atom. The van der Waals surface area contributed by atoms with Crippen LogP contribution >= 0.6 is 0 Å². The lowest BCUT2D eigenvalue weighted by Crippen LogP contribution is -2.30. The van der Waals surface area contributed by atoms with Gasteiger partial charge >= 0.3 is 5.97 Å². The molecule has 2 aromatic rings. The van der Waals surface area contributed by atoms with Crippen molar-refractivity contribution >= 4 is 23.5 Å². The van der Waals surface area contributed by atoms with E-state index in [0.717, 1.165) is 5.56 Å². The lowest BCUT2D eigenvalue weighted by Gasteiger charge is -2.25. The van der Waals surface area contributed by atoms with Crippen molar-refractivity contribution in [1.29, 1.82) is 0 Å². The molecule has 0 unspecified atom stereocenters. The molecular formula is C23H26N2O4. The van der Waals surface area contributed by atoms with Crippen LogP contribution in [-0.2, 0) is 14.3 Å². The van der Waals surface area contributed by atoms with Crippen LogP contribution in [0.3, 0.4) is 0 Å². The highest BCUT2D eigenvalue weighted by molar-refractivity contribution is 5.98. The van der Waals surface area contributed by atoms with Gasteiger partial charge in [0, 0.05) is 18.7 Å². The molecule has 3 rings (SSSR count). The topological polar surface area (TPSA) is 75.7 Å². The van der Waals surface area contributed by atoms with E-state index in [-0.39, 0.29) is 30.4 Å². The van der Waals surface area contributed by atoms with Crippen molar-refractivity contribution in [2.24, 2.45) is 5.92 Å². The van der Waals surface area contributed by atoms with Gasteiger partial charge in [0.2, 0.25) is 11.8 Å². The van der Waals surface area contributed by atoms with Crippen LogP contribution in [0.15, 0.2) is 54.6 Å². The van der Waals surface area contributed by atoms with E-state index < -0.39 is 11.9 Å². The number of nitrogens with one attached hydrogen (secondary N) is 1. The number of rotatable bonds is 6. The second-order valence-electron chi connectivity index (χ2n) is 7.55. The number of likely N-dealkylation sites (tertiary alicyclic amines) is 1. The van der Waals surface area contributed by atoms with Crippen molar-refractivity contribution in [2.45, 2.75) is 39.3 Å². The molecule has 29 heavy (non-hydrogen) atoms. The second kappa shape index (κ2) is 8.90. The molecule has 1 aliphatic rings. The molecule has 2 atom stereocenters. The molecule has 1 N–H and O–H groups in total. The number of anilines is 1. The van der Waals surface area contributed by atoms with Gasteiger partial charge in [0.1, 0.15) is 0 Å². The number of carbonyl (C=O) groups is 3. The Kier molecular flexibility index (Phi) is 6.32. The van der Waals surface area contributed by atoms with Crippen molar-refractivity contribution in [1.82, 2.24) is 4.90 Å². The molecule has 0 saturated carbocycles. The molecule has 2 aromatic carbocycles. The minimum Gasteiger partial charge on any atom is -0.459 e. The summed E-state index contributed by atoms with van der Waals surface area (Å²) < 4.78 is 5.15. The van der Waals surface area contributed by atoms with Gasteiger partial charge in [-0.2, -0.15) is 0 Å². The lowest BCUT2D eigenvalue weighted by atomic mass is 10.1. The average Bonchev–Trinajstić information content (AvgIpc) is 3.10. The molecular weight excluding hydrogens is 368 g/mol. The Bertz CT molecular complexity index is 878. The van der Waals surface area contributed by atoms with Gasteiger partial charge in [0.15, 0.2) is 0 Å². The maximum Gasteiger partial charge on any atom is 0.338 e. The van der Waals surface area contributed by atoms with E-state index in [4.69, 9.17) is 4.74 Å². The fraction of sp³-hybridized carbons (Fsp3) is 0.348. The Morgan fingerprint density at radius 2 is 1.69 bits per heavy atom. The summed E-state index contributed by atoms with van der Waals surface area (Å²) in [5.41, 5.74) is 2.06. The number of esters is 1. The van der Waals surface area contributed by atoms with Crippen molar-refractivity contribution in [3.05, 3.63) is 65.7 Å². The highest BCUT2D eigenvalue weighted by atomic mass is 16.5. The predicted molar refractivity (Wildman–Crippen MR) is 110 cm³/mol. The van der Waals surface area contributed by atoms with E-state index >= 15 is 0 Å². The largest absolute Gasteiger partial charge is 0.459 e. The summed E-state index contributed by atoms with van der Waals surface area (Å²) in [6.45, 7) is 5.94. The molecule has 6 nitrogen and oxygen atoms in total. The first-order valence-electron chi connectivity index (χ1n) is 9.81. The van der Waals surface area contributed by atoms with Gasteiger partial charge < -0.3 is 15.0 Å². The van der Waals surface area contributed by atoms with Crippen molar-refractivity contribution in [2.75, 3.05) is 11.9 Å². The zero-order chi connectivity index (χ0) is 21.0. The highest BCUT2D eigenvalue weighted by Gasteiger charge is 2.37. The summed E-state index contributed by atoms with van der Waals surface area (Å²) in [7, 11) is 0. The number of ether oxygens (including phenoxy) is 1. The average molecular weight is 394 g/mol. The fourth-order valence-corrected chi connectivity index (χ4v) is 3.41. The minimum absolute atomic E-state index is 0.0201. The fourth-order valence-electron chi connectivity index (χ4n) is 3.41. The third-order valence-electron chi connectivity index (χ3n) is 5.01. The van der Waals surface area contributed by atoms with Crippen molar-refractivity contribution in [3.63, 3.8) is 0 Å². The zero-order valence-electron chi connectivity index (χ0n) is 16.9. The zero-order valence-corrected chi connectivity index (χ0v) is 16.9. The maximum atomic E-state index is 12.6. The molecule has 0 bridgehead atoms. The van der Waals surface area contributed by atoms with Crippen LogP contribution in [0.4, 0.5) is 5.69 Å². The molecule has 6 heteroatoms. The van der Waals surface area contributed by atoms with E-state index in [1.165, 1.54) is 0 Å². The van der Waals surface area contributed by atoms with Gasteiger partial charge in [0.25, 0.3) is 0 Å². The van der Waals surface area contributed by atoms with Gasteiger partial charge in [-0.25, -0.2) is 4.79 Å². The third-order valence-corrected chi connectivity index (χ3v) is 5.01. The van der Waals surface area contributed by atoms with Crippen LogP contribution in [-0.4, -0.2) is 35.3 Å². The lowest BCUT2D eigenvalue weighted by molar-refractivity contribution is -0.129. The number of hydrogen-bond acceptors (Lipinski definition) is 4. The molecule has 1 aliphatic heterocycles. The molecule has 152 valence electrons. The first-order chi connectivity index (χ1) is 13.8. The van der Waals surface area contributed by atoms with Crippen LogP contribution in [0.2, 0.25) is 0 Å². The summed E-state index contributed by atoms with van der Waals surface area (Å²) in [6, 6.07) is 16.3. The van der Waals surface area contributed by atoms with Crippen LogP contribution in [0.1, 0.15) is 49.2 Å². The van der Waals surface area contributed by atoms with Gasteiger partial charge in [0.05, 0.1) is 23.6 Å². The highest BCUT2D eigenvalue weighted by Crippen LogP contribution is 2.29. The van der Waals surface area contributed by atoms with Gasteiger partial charge in [-0.3, -0.25) is 9.59 Å². The molecule has 0 aliphatic carbocycles. The smallest absolute Gasteiger partial charge is 0.338 e. The van der Waals surface area contributed by atoms with Crippen molar-refractivity contribution < 1.29 is 19.1 Å². The second-order valence-corrected chi connectivity index (χ2v) is 7.55. The molecule has 0 aromatic heterocycles. The van der Waals surface area contributed by atoms with E-state index in [2.05, 4.69) is 5.32 Å². The molecule has 1 saturated heterocycles. The number of hydrogen-bond donors (Lipinski definition) is 1. The number of amides is 2. The quantitative estimate of drug-likeness (QED) is 0.756. The van der Waals surface area contributed by atoms with Gasteiger partial charge in [-0.15, -0.1) is 0 Å². The molecule has 0 spiro atoms. The van der Waals surface area contributed by atoms with E-state index in [0.29, 0.717) is 17.8 Å². The monoisotopic (exact) mass is 394 g/mol. The number of nitrogens with zero attached hydrogens (tertiary/aromatic N) is 1. The Balaban J connectivity index is 1.60. The molecule has 1 heterocycles. The minimum atomic E-state index is -0.403. The van der Waals surface area contributed by atoms with Crippen LogP contribution in [0.5, 0.6) is 0 Å². The normalized spacial score (nSPS) is 17.3. The maximum absolute atomic E-state index is 12.6. The first-order valence-corrected chi connectivity index (χ1v) is 9.81. The Labute approximate surface area is 170 Å². The summed E-state index contributed by atoms with van der Waals surface area (Å²) in [5.74, 6) is -1.02. The summed E-state index contributed by atoms with van der Waals surface area (Å²) >= 11 is 0. The number of carbonyl (C=O) groups excluding carboxylic acids is 3. The Morgan fingerprint density at radius 3 is 2.31 bits per heavy atom. The number of benzene rings is 2. The standard InChI is InChI=1S/C23H26N2O4/c1-15(2)29-23(28)18-9-11-20(12-10-18)24-22(27)19-13-21(26)25(14-19)16(3)17-7-5-4-6-8-17/h4-12,15-16,19H,13-14H2,1-3H3,(H,24,27)/t16-,19+/m1/s1. The van der Waals surface area contributed by atoms with Crippen LogP contribution < -0.4 is 5.32 Å². The summed E-state index contributed by atoms with van der Waals surface area (Å²) in [5, 5.41) is 2.84. The van der Waals surface area contributed by atoms with E-state index in [1.807, 2.05) is 37.3 Å². The van der Waals surface area contributed by atoms with E-state index in [9.17, 15) is 14.4 Å².